The summed E-state index contributed by atoms with van der Waals surface area (Å²) in [4.78, 5) is 11.4. The summed E-state index contributed by atoms with van der Waals surface area (Å²) >= 11 is 0. The van der Waals surface area contributed by atoms with Crippen LogP contribution in [-0.4, -0.2) is 37.0 Å². The summed E-state index contributed by atoms with van der Waals surface area (Å²) in [6, 6.07) is 13.5. The Morgan fingerprint density at radius 2 is 1.71 bits per heavy atom. The molecule has 1 N–H and O–H groups in total. The van der Waals surface area contributed by atoms with Crippen LogP contribution in [-0.2, 0) is 21.4 Å². The van der Waals surface area contributed by atoms with Crippen LogP contribution < -0.4 is 4.74 Å². The molecule has 0 saturated heterocycles. The summed E-state index contributed by atoms with van der Waals surface area (Å²) in [5.74, 6) is -0.683. The molecular weight excluding hydrogens is 330 g/mol. The molecule has 1 atom stereocenters. The van der Waals surface area contributed by atoms with E-state index in [1.54, 1.807) is 24.3 Å². The van der Waals surface area contributed by atoms with Crippen molar-refractivity contribution in [3.8, 4) is 5.75 Å². The van der Waals surface area contributed by atoms with Crippen LogP contribution in [0.1, 0.15) is 12.5 Å². The highest BCUT2D eigenvalue weighted by atomic mass is 32.2. The third-order valence-corrected chi connectivity index (χ3v) is 5.57. The topological polar surface area (TPSA) is 83.9 Å². The van der Waals surface area contributed by atoms with Crippen LogP contribution in [0.2, 0.25) is 0 Å². The molecule has 0 aliphatic carbocycles. The van der Waals surface area contributed by atoms with E-state index in [1.165, 1.54) is 38.3 Å². The van der Waals surface area contributed by atoms with Gasteiger partial charge in [-0.25, -0.2) is 8.42 Å². The predicted molar refractivity (Wildman–Crippen MR) is 89.3 cm³/mol. The fourth-order valence-corrected chi connectivity index (χ4v) is 3.78. The summed E-state index contributed by atoms with van der Waals surface area (Å²) in [6.45, 7) is 1.33. The van der Waals surface area contributed by atoms with Gasteiger partial charge in [-0.1, -0.05) is 30.3 Å². The minimum absolute atomic E-state index is 0.0207. The first-order chi connectivity index (χ1) is 11.4. The second-order valence-electron chi connectivity index (χ2n) is 5.23. The minimum Gasteiger partial charge on any atom is -0.497 e. The normalized spacial score (nSPS) is 12.8. The van der Waals surface area contributed by atoms with Crippen molar-refractivity contribution in [1.82, 2.24) is 4.31 Å². The fourth-order valence-electron chi connectivity index (χ4n) is 2.20. The Morgan fingerprint density at radius 1 is 1.12 bits per heavy atom. The van der Waals surface area contributed by atoms with E-state index >= 15 is 0 Å². The van der Waals surface area contributed by atoms with Gasteiger partial charge in [0.25, 0.3) is 0 Å². The van der Waals surface area contributed by atoms with Gasteiger partial charge in [0.15, 0.2) is 0 Å². The molecule has 0 heterocycles. The zero-order valence-corrected chi connectivity index (χ0v) is 14.2. The van der Waals surface area contributed by atoms with E-state index in [1.807, 2.05) is 6.07 Å². The number of hydrogen-bond acceptors (Lipinski definition) is 4. The molecule has 2 rings (SSSR count). The summed E-state index contributed by atoms with van der Waals surface area (Å²) in [5.41, 5.74) is 0.711. The lowest BCUT2D eigenvalue weighted by Gasteiger charge is -2.26. The molecule has 24 heavy (non-hydrogen) atoms. The highest BCUT2D eigenvalue weighted by molar-refractivity contribution is 7.89. The maximum Gasteiger partial charge on any atom is 0.321 e. The highest BCUT2D eigenvalue weighted by Crippen LogP contribution is 2.23. The molecule has 128 valence electrons. The van der Waals surface area contributed by atoms with E-state index in [2.05, 4.69) is 0 Å². The molecule has 6 nitrogen and oxygen atoms in total. The van der Waals surface area contributed by atoms with E-state index < -0.39 is 22.0 Å². The maximum absolute atomic E-state index is 12.9. The lowest BCUT2D eigenvalue weighted by Crippen LogP contribution is -2.42. The van der Waals surface area contributed by atoms with Gasteiger partial charge in [0.1, 0.15) is 11.8 Å². The van der Waals surface area contributed by atoms with E-state index in [0.717, 1.165) is 4.31 Å². The number of sulfonamides is 1. The number of carboxylic acids is 1. The number of rotatable bonds is 7. The van der Waals surface area contributed by atoms with Gasteiger partial charge in [-0.05, 0) is 36.8 Å². The van der Waals surface area contributed by atoms with Gasteiger partial charge in [-0.2, -0.15) is 4.31 Å². The van der Waals surface area contributed by atoms with Crippen molar-refractivity contribution >= 4 is 16.0 Å². The Bertz CT molecular complexity index is 787. The van der Waals surface area contributed by atoms with Crippen molar-refractivity contribution in [2.24, 2.45) is 0 Å². The van der Waals surface area contributed by atoms with Crippen LogP contribution in [0.5, 0.6) is 5.75 Å². The second-order valence-corrected chi connectivity index (χ2v) is 7.12. The van der Waals surface area contributed by atoms with Crippen LogP contribution in [0.3, 0.4) is 0 Å². The maximum atomic E-state index is 12.9. The van der Waals surface area contributed by atoms with E-state index in [0.29, 0.717) is 11.3 Å². The van der Waals surface area contributed by atoms with Crippen LogP contribution in [0.25, 0.3) is 0 Å². The molecule has 2 aromatic rings. The van der Waals surface area contributed by atoms with Crippen molar-refractivity contribution < 1.29 is 23.1 Å². The first-order valence-electron chi connectivity index (χ1n) is 7.29. The predicted octanol–water partition coefficient (Wildman–Crippen LogP) is 2.36. The van der Waals surface area contributed by atoms with E-state index in [9.17, 15) is 18.3 Å². The number of benzene rings is 2. The summed E-state index contributed by atoms with van der Waals surface area (Å²) in [6.07, 6.45) is 0. The van der Waals surface area contributed by atoms with Crippen molar-refractivity contribution in [3.63, 3.8) is 0 Å². The molecule has 0 bridgehead atoms. The number of carbonyl (C=O) groups is 1. The van der Waals surface area contributed by atoms with Gasteiger partial charge < -0.3 is 9.84 Å². The molecular formula is C17H19NO5S. The first-order valence-corrected chi connectivity index (χ1v) is 8.73. The summed E-state index contributed by atoms with van der Waals surface area (Å²) in [7, 11) is -2.49. The molecule has 0 spiro atoms. The average Bonchev–Trinajstić information content (AvgIpc) is 2.59. The number of carboxylic acid groups (broad SMARTS) is 1. The Kier molecular flexibility index (Phi) is 5.58. The van der Waals surface area contributed by atoms with Crippen molar-refractivity contribution in [3.05, 3.63) is 60.2 Å². The third-order valence-electron chi connectivity index (χ3n) is 3.64. The Labute approximate surface area is 141 Å². The van der Waals surface area contributed by atoms with Gasteiger partial charge in [-0.3, -0.25) is 4.79 Å². The molecule has 0 amide bonds. The zero-order valence-electron chi connectivity index (χ0n) is 13.4. The van der Waals surface area contributed by atoms with Crippen molar-refractivity contribution in [1.29, 1.82) is 0 Å². The number of nitrogens with zero attached hydrogens (tertiary/aromatic N) is 1. The monoisotopic (exact) mass is 349 g/mol. The number of ether oxygens (including phenoxy) is 1. The first kappa shape index (κ1) is 18.0. The smallest absolute Gasteiger partial charge is 0.321 e. The van der Waals surface area contributed by atoms with Gasteiger partial charge in [-0.15, -0.1) is 0 Å². The van der Waals surface area contributed by atoms with Crippen LogP contribution >= 0.6 is 0 Å². The second kappa shape index (κ2) is 7.46. The van der Waals surface area contributed by atoms with Crippen molar-refractivity contribution in [2.45, 2.75) is 24.4 Å². The summed E-state index contributed by atoms with van der Waals surface area (Å²) < 4.78 is 31.8. The van der Waals surface area contributed by atoms with E-state index in [-0.39, 0.29) is 11.4 Å². The number of aliphatic carboxylic acids is 1. The molecule has 0 aliphatic rings. The standard InChI is InChI=1S/C17H19NO5S/c1-13(17(19)20)18(12-14-6-4-3-5-7-14)24(21,22)16-10-8-15(23-2)9-11-16/h3-11,13H,12H2,1-2H3,(H,19,20)/t13-/m1/s1. The molecule has 0 unspecified atom stereocenters. The molecule has 0 aromatic heterocycles. The Hall–Kier alpha value is -2.38. The number of methoxy groups -OCH3 is 1. The lowest BCUT2D eigenvalue weighted by molar-refractivity contribution is -0.141. The van der Waals surface area contributed by atoms with E-state index in [4.69, 9.17) is 4.74 Å². The number of hydrogen-bond donors (Lipinski definition) is 1. The lowest BCUT2D eigenvalue weighted by atomic mass is 10.2. The van der Waals surface area contributed by atoms with Gasteiger partial charge in [0, 0.05) is 6.54 Å². The Morgan fingerprint density at radius 3 is 2.21 bits per heavy atom. The SMILES string of the molecule is COc1ccc(S(=O)(=O)N(Cc2ccccc2)[C@H](C)C(=O)O)cc1. The Balaban J connectivity index is 2.42. The van der Waals surface area contributed by atoms with Gasteiger partial charge in [0.2, 0.25) is 10.0 Å². The summed E-state index contributed by atoms with van der Waals surface area (Å²) in [5, 5.41) is 9.30. The molecule has 0 aliphatic heterocycles. The minimum atomic E-state index is -3.97. The van der Waals surface area contributed by atoms with Gasteiger partial charge in [0.05, 0.1) is 12.0 Å². The molecule has 2 aromatic carbocycles. The van der Waals surface area contributed by atoms with Crippen molar-refractivity contribution in [2.75, 3.05) is 7.11 Å². The van der Waals surface area contributed by atoms with Crippen LogP contribution in [0.4, 0.5) is 0 Å². The molecule has 0 fully saturated rings. The third kappa shape index (κ3) is 3.93. The highest BCUT2D eigenvalue weighted by Gasteiger charge is 2.33. The molecule has 0 saturated carbocycles. The quantitative estimate of drug-likeness (QED) is 0.829. The average molecular weight is 349 g/mol. The largest absolute Gasteiger partial charge is 0.497 e. The van der Waals surface area contributed by atoms with Crippen LogP contribution in [0, 0.1) is 0 Å². The zero-order chi connectivity index (χ0) is 17.7. The fraction of sp³-hybridized carbons (Fsp3) is 0.235. The molecule has 7 heteroatoms. The van der Waals surface area contributed by atoms with Crippen LogP contribution in [0.15, 0.2) is 59.5 Å². The molecule has 0 radical (unpaired) electrons. The van der Waals surface area contributed by atoms with Gasteiger partial charge >= 0.3 is 5.97 Å².